The van der Waals surface area contributed by atoms with E-state index in [-0.39, 0.29) is 29.8 Å². The molecule has 0 aliphatic carbocycles. The van der Waals surface area contributed by atoms with Crippen LogP contribution in [0.2, 0.25) is 0 Å². The van der Waals surface area contributed by atoms with Crippen molar-refractivity contribution in [2.75, 3.05) is 28.3 Å². The number of hydrogen-bond donors (Lipinski definition) is 0. The smallest absolute Gasteiger partial charge is 0.309 e. The Labute approximate surface area is 96.7 Å². The van der Waals surface area contributed by atoms with Gasteiger partial charge in [-0.25, -0.2) is 0 Å². The van der Waals surface area contributed by atoms with Crippen molar-refractivity contribution >= 4 is 11.9 Å². The number of methoxy groups -OCH3 is 2. The van der Waals surface area contributed by atoms with Gasteiger partial charge >= 0.3 is 11.9 Å². The van der Waals surface area contributed by atoms with Gasteiger partial charge < -0.3 is 14.4 Å². The van der Waals surface area contributed by atoms with Crippen LogP contribution in [0.15, 0.2) is 0 Å². The van der Waals surface area contributed by atoms with Gasteiger partial charge in [0, 0.05) is 6.04 Å². The molecular weight excluding hydrogens is 210 g/mol. The van der Waals surface area contributed by atoms with E-state index in [1.807, 2.05) is 19.0 Å². The van der Waals surface area contributed by atoms with Crippen LogP contribution in [0.3, 0.4) is 0 Å². The number of ether oxygens (including phenoxy) is 2. The SMILES string of the molecule is COC(=O)C(C)C(C(C)C(=O)OC)N(C)C. The zero-order valence-electron chi connectivity index (χ0n) is 10.8. The summed E-state index contributed by atoms with van der Waals surface area (Å²) in [6.07, 6.45) is 0. The number of rotatable bonds is 5. The van der Waals surface area contributed by atoms with Crippen molar-refractivity contribution in [2.45, 2.75) is 19.9 Å². The van der Waals surface area contributed by atoms with Crippen molar-refractivity contribution in [1.82, 2.24) is 4.90 Å². The van der Waals surface area contributed by atoms with Gasteiger partial charge in [0.1, 0.15) is 0 Å². The molecule has 0 fully saturated rings. The highest BCUT2D eigenvalue weighted by molar-refractivity contribution is 5.77. The Hall–Kier alpha value is -1.10. The second kappa shape index (κ2) is 6.48. The second-order valence-corrected chi connectivity index (χ2v) is 4.08. The van der Waals surface area contributed by atoms with Gasteiger partial charge in [-0.1, -0.05) is 13.8 Å². The predicted molar refractivity (Wildman–Crippen MR) is 59.8 cm³/mol. The van der Waals surface area contributed by atoms with Crippen molar-refractivity contribution in [3.8, 4) is 0 Å². The lowest BCUT2D eigenvalue weighted by Crippen LogP contribution is -2.45. The van der Waals surface area contributed by atoms with Crippen molar-refractivity contribution < 1.29 is 19.1 Å². The molecule has 0 bridgehead atoms. The number of carbonyl (C=O) groups excluding carboxylic acids is 2. The van der Waals surface area contributed by atoms with E-state index in [9.17, 15) is 9.59 Å². The van der Waals surface area contributed by atoms with Gasteiger partial charge in [0.2, 0.25) is 0 Å². The van der Waals surface area contributed by atoms with E-state index >= 15 is 0 Å². The van der Waals surface area contributed by atoms with Crippen LogP contribution in [0.5, 0.6) is 0 Å². The monoisotopic (exact) mass is 231 g/mol. The maximum Gasteiger partial charge on any atom is 0.309 e. The fourth-order valence-corrected chi connectivity index (χ4v) is 1.98. The van der Waals surface area contributed by atoms with E-state index in [4.69, 9.17) is 0 Å². The average molecular weight is 231 g/mol. The molecule has 5 nitrogen and oxygen atoms in total. The Morgan fingerprint density at radius 1 is 0.938 bits per heavy atom. The van der Waals surface area contributed by atoms with E-state index in [0.29, 0.717) is 0 Å². The molecular formula is C11H21NO4. The fourth-order valence-electron chi connectivity index (χ4n) is 1.98. The predicted octanol–water partition coefficient (Wildman–Crippen LogP) is 0.535. The molecule has 0 N–H and O–H groups in total. The van der Waals surface area contributed by atoms with E-state index in [0.717, 1.165) is 0 Å². The minimum absolute atomic E-state index is 0.236. The fraction of sp³-hybridized carbons (Fsp3) is 0.818. The van der Waals surface area contributed by atoms with Gasteiger partial charge in [-0.05, 0) is 14.1 Å². The molecule has 0 heterocycles. The number of esters is 2. The molecule has 2 unspecified atom stereocenters. The lowest BCUT2D eigenvalue weighted by atomic mass is 9.89. The first-order valence-electron chi connectivity index (χ1n) is 5.18. The first kappa shape index (κ1) is 14.9. The lowest BCUT2D eigenvalue weighted by molar-refractivity contribution is -0.152. The molecule has 0 spiro atoms. The number of hydrogen-bond acceptors (Lipinski definition) is 5. The summed E-state index contributed by atoms with van der Waals surface area (Å²) in [5.74, 6) is -1.41. The van der Waals surface area contributed by atoms with Crippen molar-refractivity contribution in [1.29, 1.82) is 0 Å². The summed E-state index contributed by atoms with van der Waals surface area (Å²) in [6.45, 7) is 3.49. The van der Waals surface area contributed by atoms with E-state index in [1.165, 1.54) is 14.2 Å². The number of nitrogens with zero attached hydrogens (tertiary/aromatic N) is 1. The first-order valence-corrected chi connectivity index (χ1v) is 5.18. The molecule has 0 aromatic carbocycles. The molecule has 2 atom stereocenters. The zero-order valence-corrected chi connectivity index (χ0v) is 10.8. The standard InChI is InChI=1S/C11H21NO4/c1-7(10(13)15-5)9(12(3)4)8(2)11(14)16-6/h7-9H,1-6H3. The molecule has 94 valence electrons. The van der Waals surface area contributed by atoms with Gasteiger partial charge in [-0.3, -0.25) is 9.59 Å². The molecule has 0 rings (SSSR count). The lowest BCUT2D eigenvalue weighted by Gasteiger charge is -2.32. The van der Waals surface area contributed by atoms with Crippen LogP contribution >= 0.6 is 0 Å². The van der Waals surface area contributed by atoms with Crippen LogP contribution in [0.1, 0.15) is 13.8 Å². The third-order valence-electron chi connectivity index (χ3n) is 2.77. The largest absolute Gasteiger partial charge is 0.469 e. The van der Waals surface area contributed by atoms with Gasteiger partial charge in [-0.15, -0.1) is 0 Å². The molecule has 16 heavy (non-hydrogen) atoms. The Morgan fingerprint density at radius 2 is 1.25 bits per heavy atom. The topological polar surface area (TPSA) is 55.8 Å². The third kappa shape index (κ3) is 3.48. The van der Waals surface area contributed by atoms with Gasteiger partial charge in [0.15, 0.2) is 0 Å². The maximum atomic E-state index is 11.5. The summed E-state index contributed by atoms with van der Waals surface area (Å²) in [5, 5.41) is 0. The Morgan fingerprint density at radius 3 is 1.44 bits per heavy atom. The summed E-state index contributed by atoms with van der Waals surface area (Å²) in [6, 6.07) is -0.236. The van der Waals surface area contributed by atoms with Crippen LogP contribution in [0.25, 0.3) is 0 Å². The third-order valence-corrected chi connectivity index (χ3v) is 2.77. The summed E-state index contributed by atoms with van der Waals surface area (Å²) >= 11 is 0. The van der Waals surface area contributed by atoms with Gasteiger partial charge in [-0.2, -0.15) is 0 Å². The van der Waals surface area contributed by atoms with Crippen LogP contribution in [0, 0.1) is 11.8 Å². The van der Waals surface area contributed by atoms with Crippen molar-refractivity contribution in [3.05, 3.63) is 0 Å². The average Bonchev–Trinajstić information content (AvgIpc) is 2.26. The Balaban J connectivity index is 4.86. The van der Waals surface area contributed by atoms with Gasteiger partial charge in [0.25, 0.3) is 0 Å². The molecule has 0 aromatic rings. The van der Waals surface area contributed by atoms with Crippen LogP contribution in [0.4, 0.5) is 0 Å². The highest BCUT2D eigenvalue weighted by Crippen LogP contribution is 2.20. The maximum absolute atomic E-state index is 11.5. The van der Waals surface area contributed by atoms with Crippen LogP contribution < -0.4 is 0 Å². The van der Waals surface area contributed by atoms with Crippen LogP contribution in [-0.2, 0) is 19.1 Å². The van der Waals surface area contributed by atoms with Crippen molar-refractivity contribution in [3.63, 3.8) is 0 Å². The summed E-state index contributed by atoms with van der Waals surface area (Å²) < 4.78 is 9.38. The zero-order chi connectivity index (χ0) is 12.9. The molecule has 0 radical (unpaired) electrons. The van der Waals surface area contributed by atoms with E-state index < -0.39 is 0 Å². The molecule has 0 aliphatic rings. The Bertz CT molecular complexity index is 230. The summed E-state index contributed by atoms with van der Waals surface area (Å²) in [7, 11) is 6.33. The summed E-state index contributed by atoms with van der Waals surface area (Å²) in [5.41, 5.74) is 0. The highest BCUT2D eigenvalue weighted by Gasteiger charge is 2.35. The van der Waals surface area contributed by atoms with Gasteiger partial charge in [0.05, 0.1) is 26.1 Å². The van der Waals surface area contributed by atoms with Crippen LogP contribution in [-0.4, -0.2) is 51.2 Å². The molecule has 0 aromatic heterocycles. The summed E-state index contributed by atoms with van der Waals surface area (Å²) in [4.78, 5) is 24.8. The van der Waals surface area contributed by atoms with E-state index in [2.05, 4.69) is 9.47 Å². The molecule has 5 heteroatoms. The molecule has 0 aliphatic heterocycles. The number of carbonyl (C=O) groups is 2. The van der Waals surface area contributed by atoms with E-state index in [1.54, 1.807) is 13.8 Å². The molecule has 0 amide bonds. The minimum atomic E-state index is -0.380. The quantitative estimate of drug-likeness (QED) is 0.646. The Kier molecular flexibility index (Phi) is 6.03. The van der Waals surface area contributed by atoms with Crippen molar-refractivity contribution in [2.24, 2.45) is 11.8 Å². The second-order valence-electron chi connectivity index (χ2n) is 4.08. The molecule has 0 saturated carbocycles. The molecule has 0 saturated heterocycles. The highest BCUT2D eigenvalue weighted by atomic mass is 16.5. The normalized spacial score (nSPS) is 16.4. The minimum Gasteiger partial charge on any atom is -0.469 e. The first-order chi connectivity index (χ1) is 7.36.